The molecule has 0 aliphatic carbocycles. The Labute approximate surface area is 263 Å². The van der Waals surface area contributed by atoms with E-state index in [1.165, 1.54) is 5.56 Å². The molecule has 7 rings (SSSR count). The van der Waals surface area contributed by atoms with Crippen LogP contribution in [0, 0.1) is 6.92 Å². The van der Waals surface area contributed by atoms with E-state index in [9.17, 15) is 4.79 Å². The Balaban J connectivity index is 1.28. The summed E-state index contributed by atoms with van der Waals surface area (Å²) < 4.78 is 1.75. The lowest BCUT2D eigenvalue weighted by atomic mass is 10.0. The molecule has 5 aromatic rings. The largest absolute Gasteiger partial charge is 0.324 e. The van der Waals surface area contributed by atoms with Crippen LogP contribution in [0.4, 0.5) is 11.6 Å². The number of rotatable bonds is 7. The SMILES string of the molecule is Cc1ccc(-c2cc3cnc(Nc4ccc(C5CNCCS5)cc4)nc3n(Cc3scnc3C3CCNC3)c2=O)c(Cl)c1. The number of halogens is 1. The Hall–Kier alpha value is -3.28. The maximum Gasteiger partial charge on any atom is 0.260 e. The van der Waals surface area contributed by atoms with Crippen molar-refractivity contribution in [1.82, 2.24) is 30.2 Å². The zero-order chi connectivity index (χ0) is 29.3. The minimum atomic E-state index is -0.144. The van der Waals surface area contributed by atoms with Crippen molar-refractivity contribution in [1.29, 1.82) is 0 Å². The van der Waals surface area contributed by atoms with Gasteiger partial charge in [-0.05, 0) is 55.3 Å². The Morgan fingerprint density at radius 1 is 1.05 bits per heavy atom. The highest BCUT2D eigenvalue weighted by atomic mass is 35.5. The zero-order valence-electron chi connectivity index (χ0n) is 23.8. The summed E-state index contributed by atoms with van der Waals surface area (Å²) in [6.45, 7) is 6.28. The number of thioether (sulfide) groups is 1. The second kappa shape index (κ2) is 12.4. The van der Waals surface area contributed by atoms with Gasteiger partial charge < -0.3 is 16.0 Å². The molecule has 220 valence electrons. The summed E-state index contributed by atoms with van der Waals surface area (Å²) >= 11 is 10.2. The van der Waals surface area contributed by atoms with Gasteiger partial charge in [0, 0.05) is 74.9 Å². The van der Waals surface area contributed by atoms with E-state index in [0.29, 0.717) is 45.5 Å². The van der Waals surface area contributed by atoms with Gasteiger partial charge in [-0.2, -0.15) is 16.7 Å². The summed E-state index contributed by atoms with van der Waals surface area (Å²) in [7, 11) is 0. The van der Waals surface area contributed by atoms with E-state index in [1.807, 2.05) is 48.5 Å². The summed E-state index contributed by atoms with van der Waals surface area (Å²) in [5, 5.41) is 12.0. The highest BCUT2D eigenvalue weighted by Gasteiger charge is 2.24. The van der Waals surface area contributed by atoms with Gasteiger partial charge in [0.2, 0.25) is 5.95 Å². The van der Waals surface area contributed by atoms with Gasteiger partial charge in [-0.15, -0.1) is 11.3 Å². The van der Waals surface area contributed by atoms with Crippen molar-refractivity contribution in [2.45, 2.75) is 31.1 Å². The van der Waals surface area contributed by atoms with E-state index in [1.54, 1.807) is 22.1 Å². The van der Waals surface area contributed by atoms with E-state index < -0.39 is 0 Å². The fourth-order valence-electron chi connectivity index (χ4n) is 5.85. The summed E-state index contributed by atoms with van der Waals surface area (Å²) in [6, 6.07) is 16.1. The normalized spacial score (nSPS) is 18.7. The van der Waals surface area contributed by atoms with E-state index in [0.717, 1.165) is 65.6 Å². The lowest BCUT2D eigenvalue weighted by molar-refractivity contribution is 0.689. The predicted molar refractivity (Wildman–Crippen MR) is 178 cm³/mol. The third-order valence-electron chi connectivity index (χ3n) is 8.13. The van der Waals surface area contributed by atoms with Crippen molar-refractivity contribution < 1.29 is 0 Å². The van der Waals surface area contributed by atoms with Crippen LogP contribution in [0.3, 0.4) is 0 Å². The van der Waals surface area contributed by atoms with Crippen LogP contribution in [0.25, 0.3) is 22.2 Å². The molecule has 5 heterocycles. The number of aryl methyl sites for hydroxylation is 1. The molecule has 3 N–H and O–H groups in total. The van der Waals surface area contributed by atoms with Crippen LogP contribution in [0.1, 0.15) is 39.3 Å². The zero-order valence-corrected chi connectivity index (χ0v) is 26.2. The number of benzene rings is 2. The Bertz CT molecular complexity index is 1830. The minimum Gasteiger partial charge on any atom is -0.324 e. The fourth-order valence-corrected chi connectivity index (χ4v) is 8.16. The Kier molecular flexibility index (Phi) is 8.20. The summed E-state index contributed by atoms with van der Waals surface area (Å²) in [4.78, 5) is 29.5. The van der Waals surface area contributed by atoms with Crippen molar-refractivity contribution in [3.05, 3.63) is 97.3 Å². The molecular weight excluding hydrogens is 598 g/mol. The number of fused-ring (bicyclic) bond motifs is 1. The van der Waals surface area contributed by atoms with Gasteiger partial charge in [0.1, 0.15) is 5.65 Å². The molecule has 2 saturated heterocycles. The number of hydrogen-bond acceptors (Lipinski definition) is 9. The Morgan fingerprint density at radius 2 is 1.91 bits per heavy atom. The number of hydrogen-bond donors (Lipinski definition) is 3. The molecule has 11 heteroatoms. The monoisotopic (exact) mass is 629 g/mol. The number of nitrogens with zero attached hydrogens (tertiary/aromatic N) is 4. The van der Waals surface area contributed by atoms with Gasteiger partial charge >= 0.3 is 0 Å². The van der Waals surface area contributed by atoms with Gasteiger partial charge in [-0.3, -0.25) is 9.36 Å². The number of anilines is 2. The number of nitrogens with one attached hydrogen (secondary N) is 3. The van der Waals surface area contributed by atoms with Gasteiger partial charge in [-0.1, -0.05) is 35.9 Å². The number of thiazole rings is 1. The molecular formula is C32H32ClN7OS2. The summed E-state index contributed by atoms with van der Waals surface area (Å²) in [6.07, 6.45) is 2.82. The van der Waals surface area contributed by atoms with E-state index in [4.69, 9.17) is 21.6 Å². The fraction of sp³-hybridized carbons (Fsp3) is 0.312. The molecule has 0 spiro atoms. The summed E-state index contributed by atoms with van der Waals surface area (Å²) in [5.41, 5.74) is 7.83. The van der Waals surface area contributed by atoms with Gasteiger partial charge in [0.25, 0.3) is 5.56 Å². The van der Waals surface area contributed by atoms with Crippen LogP contribution >= 0.6 is 34.7 Å². The molecule has 0 bridgehead atoms. The second-order valence-electron chi connectivity index (χ2n) is 11.1. The maximum absolute atomic E-state index is 14.2. The second-order valence-corrected chi connectivity index (χ2v) is 13.7. The summed E-state index contributed by atoms with van der Waals surface area (Å²) in [5.74, 6) is 1.90. The van der Waals surface area contributed by atoms with Crippen LogP contribution in [0.15, 0.2) is 65.0 Å². The van der Waals surface area contributed by atoms with Crippen molar-refractivity contribution in [2.75, 3.05) is 37.2 Å². The molecule has 2 aromatic carbocycles. The number of aromatic nitrogens is 4. The molecule has 43 heavy (non-hydrogen) atoms. The van der Waals surface area contributed by atoms with Gasteiger partial charge in [0.05, 0.1) is 17.7 Å². The maximum atomic E-state index is 14.2. The van der Waals surface area contributed by atoms with Crippen LogP contribution < -0.4 is 21.5 Å². The molecule has 8 nitrogen and oxygen atoms in total. The first-order valence-electron chi connectivity index (χ1n) is 14.5. The third kappa shape index (κ3) is 5.94. The predicted octanol–water partition coefficient (Wildman–Crippen LogP) is 6.12. The molecule has 2 unspecified atom stereocenters. The lowest BCUT2D eigenvalue weighted by Gasteiger charge is -2.22. The molecule has 3 aromatic heterocycles. The van der Waals surface area contributed by atoms with Crippen LogP contribution in [-0.4, -0.2) is 51.5 Å². The Morgan fingerprint density at radius 3 is 2.67 bits per heavy atom. The topological polar surface area (TPSA) is 96.8 Å². The standard InChI is InChI=1S/C32H32ClN7OS2/c1-19-2-7-24(26(33)12-19)25-13-22-15-36-32(38-23-5-3-20(4-6-23)27-16-35-10-11-42-27)39-30(22)40(31(25)41)17-28-29(37-18-43-28)21-8-9-34-14-21/h2-7,12-13,15,18,21,27,34-35H,8-11,14,16-17H2,1H3,(H,36,38,39). The molecule has 0 radical (unpaired) electrons. The highest BCUT2D eigenvalue weighted by molar-refractivity contribution is 7.99. The molecule has 2 atom stereocenters. The first kappa shape index (κ1) is 28.5. The van der Waals surface area contributed by atoms with Crippen molar-refractivity contribution in [3.63, 3.8) is 0 Å². The molecule has 0 saturated carbocycles. The van der Waals surface area contributed by atoms with Crippen LogP contribution in [0.2, 0.25) is 5.02 Å². The van der Waals surface area contributed by atoms with Gasteiger partial charge in [-0.25, -0.2) is 9.97 Å². The smallest absolute Gasteiger partial charge is 0.260 e. The first-order chi connectivity index (χ1) is 21.0. The average Bonchev–Trinajstić information content (AvgIpc) is 3.72. The molecule has 2 fully saturated rings. The van der Waals surface area contributed by atoms with Crippen molar-refractivity contribution >= 4 is 57.4 Å². The van der Waals surface area contributed by atoms with E-state index in [2.05, 4.69) is 45.2 Å². The van der Waals surface area contributed by atoms with E-state index >= 15 is 0 Å². The molecule has 0 amide bonds. The van der Waals surface area contributed by atoms with Crippen molar-refractivity contribution in [2.24, 2.45) is 0 Å². The van der Waals surface area contributed by atoms with Gasteiger partial charge in [0.15, 0.2) is 0 Å². The third-order valence-corrected chi connectivity index (χ3v) is 10.6. The molecule has 2 aliphatic heterocycles. The minimum absolute atomic E-state index is 0.144. The highest BCUT2D eigenvalue weighted by Crippen LogP contribution is 2.33. The number of pyridine rings is 1. The van der Waals surface area contributed by atoms with Crippen molar-refractivity contribution in [3.8, 4) is 11.1 Å². The average molecular weight is 630 g/mol. The lowest BCUT2D eigenvalue weighted by Crippen LogP contribution is -2.28. The first-order valence-corrected chi connectivity index (χ1v) is 16.8. The van der Waals surface area contributed by atoms with Crippen LogP contribution in [0.5, 0.6) is 0 Å². The van der Waals surface area contributed by atoms with Crippen LogP contribution in [-0.2, 0) is 6.54 Å². The quantitative estimate of drug-likeness (QED) is 0.198. The van der Waals surface area contributed by atoms with E-state index in [-0.39, 0.29) is 5.56 Å². The molecule has 2 aliphatic rings.